The van der Waals surface area contributed by atoms with Crippen LogP contribution in [0.15, 0.2) is 30.9 Å². The lowest BCUT2D eigenvalue weighted by Crippen LogP contribution is -2.04. The van der Waals surface area contributed by atoms with Gasteiger partial charge in [0.15, 0.2) is 0 Å². The Bertz CT molecular complexity index is 554. The minimum Gasteiger partial charge on any atom is -0.462 e. The summed E-state index contributed by atoms with van der Waals surface area (Å²) in [5.74, 6) is -0.814. The molecule has 0 N–H and O–H groups in total. The number of hydrogen-bond donors (Lipinski definition) is 0. The van der Waals surface area contributed by atoms with Crippen molar-refractivity contribution in [2.45, 2.75) is 13.5 Å². The van der Waals surface area contributed by atoms with Gasteiger partial charge in [0.25, 0.3) is 0 Å². The van der Waals surface area contributed by atoms with Gasteiger partial charge >= 0.3 is 5.97 Å². The van der Waals surface area contributed by atoms with Gasteiger partial charge in [0.05, 0.1) is 31.1 Å². The van der Waals surface area contributed by atoms with Crippen molar-refractivity contribution >= 4 is 5.97 Å². The van der Waals surface area contributed by atoms with Crippen LogP contribution < -0.4 is 0 Å². The van der Waals surface area contributed by atoms with Gasteiger partial charge < -0.3 is 4.74 Å². The minimum absolute atomic E-state index is 0.317. The molecule has 0 aliphatic heterocycles. The van der Waals surface area contributed by atoms with Crippen molar-refractivity contribution < 1.29 is 13.9 Å². The number of halogens is 1. The Kier molecular flexibility index (Phi) is 3.66. The molecule has 0 aliphatic carbocycles. The van der Waals surface area contributed by atoms with Crippen LogP contribution in [0.5, 0.6) is 0 Å². The van der Waals surface area contributed by atoms with Crippen molar-refractivity contribution in [1.82, 2.24) is 14.8 Å². The van der Waals surface area contributed by atoms with Crippen LogP contribution in [0.3, 0.4) is 0 Å². The lowest BCUT2D eigenvalue weighted by molar-refractivity contribution is 0.0526. The summed E-state index contributed by atoms with van der Waals surface area (Å²) >= 11 is 0. The summed E-state index contributed by atoms with van der Waals surface area (Å²) < 4.78 is 19.3. The lowest BCUT2D eigenvalue weighted by Gasteiger charge is -2.01. The standard InChI is InChI=1S/C12H12FN3O2/c1-2-18-12(17)10-5-15-16(8-10)7-9-3-11(13)6-14-4-9/h3-6,8H,2,7H2,1H3. The molecule has 0 fully saturated rings. The van der Waals surface area contributed by atoms with E-state index >= 15 is 0 Å². The number of pyridine rings is 1. The first kappa shape index (κ1) is 12.2. The maximum absolute atomic E-state index is 12.9. The topological polar surface area (TPSA) is 57.0 Å². The Hall–Kier alpha value is -2.24. The molecule has 0 saturated heterocycles. The fourth-order valence-corrected chi connectivity index (χ4v) is 1.50. The first-order chi connectivity index (χ1) is 8.69. The highest BCUT2D eigenvalue weighted by Gasteiger charge is 2.09. The number of carbonyl (C=O) groups excluding carboxylic acids is 1. The van der Waals surface area contributed by atoms with Crippen molar-refractivity contribution in [3.8, 4) is 0 Å². The average Bonchev–Trinajstić information content (AvgIpc) is 2.78. The van der Waals surface area contributed by atoms with Gasteiger partial charge in [-0.3, -0.25) is 9.67 Å². The molecule has 0 saturated carbocycles. The molecule has 2 rings (SSSR count). The SMILES string of the molecule is CCOC(=O)c1cnn(Cc2cncc(F)c2)c1. The van der Waals surface area contributed by atoms with Crippen molar-refractivity contribution in [2.24, 2.45) is 0 Å². The van der Waals surface area contributed by atoms with Crippen molar-refractivity contribution in [3.05, 3.63) is 47.8 Å². The number of carbonyl (C=O) groups is 1. The third-order valence-electron chi connectivity index (χ3n) is 2.25. The monoisotopic (exact) mass is 249 g/mol. The number of hydrogen-bond acceptors (Lipinski definition) is 4. The van der Waals surface area contributed by atoms with E-state index in [1.165, 1.54) is 16.9 Å². The summed E-state index contributed by atoms with van der Waals surface area (Å²) in [5.41, 5.74) is 1.05. The molecule has 0 atom stereocenters. The van der Waals surface area contributed by atoms with Crippen LogP contribution in [0.25, 0.3) is 0 Å². The van der Waals surface area contributed by atoms with Crippen molar-refractivity contribution in [3.63, 3.8) is 0 Å². The predicted molar refractivity (Wildman–Crippen MR) is 61.5 cm³/mol. The molecule has 94 valence electrons. The van der Waals surface area contributed by atoms with Crippen LogP contribution >= 0.6 is 0 Å². The van der Waals surface area contributed by atoms with Crippen LogP contribution in [-0.2, 0) is 11.3 Å². The quantitative estimate of drug-likeness (QED) is 0.773. The number of rotatable bonds is 4. The molecule has 2 aromatic rings. The zero-order chi connectivity index (χ0) is 13.0. The van der Waals surface area contributed by atoms with E-state index in [0.717, 1.165) is 6.20 Å². The van der Waals surface area contributed by atoms with Gasteiger partial charge in [-0.05, 0) is 18.6 Å². The van der Waals surface area contributed by atoms with Gasteiger partial charge in [-0.25, -0.2) is 9.18 Å². The van der Waals surface area contributed by atoms with E-state index in [9.17, 15) is 9.18 Å². The van der Waals surface area contributed by atoms with E-state index in [1.807, 2.05) is 0 Å². The summed E-state index contributed by atoms with van der Waals surface area (Å²) in [6, 6.07) is 1.37. The third kappa shape index (κ3) is 2.91. The number of ether oxygens (including phenoxy) is 1. The largest absolute Gasteiger partial charge is 0.462 e. The fraction of sp³-hybridized carbons (Fsp3) is 0.250. The number of aromatic nitrogens is 3. The highest BCUT2D eigenvalue weighted by atomic mass is 19.1. The average molecular weight is 249 g/mol. The predicted octanol–water partition coefficient (Wildman–Crippen LogP) is 1.64. The van der Waals surface area contributed by atoms with Crippen molar-refractivity contribution in [1.29, 1.82) is 0 Å². The first-order valence-electron chi connectivity index (χ1n) is 5.48. The maximum atomic E-state index is 12.9. The summed E-state index contributed by atoms with van der Waals surface area (Å²) in [6.45, 7) is 2.41. The Morgan fingerprint density at radius 3 is 3.00 bits per heavy atom. The Morgan fingerprint density at radius 2 is 2.28 bits per heavy atom. The zero-order valence-electron chi connectivity index (χ0n) is 9.84. The highest BCUT2D eigenvalue weighted by molar-refractivity contribution is 5.88. The zero-order valence-corrected chi connectivity index (χ0v) is 9.84. The molecule has 0 aromatic carbocycles. The third-order valence-corrected chi connectivity index (χ3v) is 2.25. The lowest BCUT2D eigenvalue weighted by atomic mass is 10.3. The second-order valence-corrected chi connectivity index (χ2v) is 3.66. The van der Waals surface area contributed by atoms with E-state index < -0.39 is 11.8 Å². The van der Waals surface area contributed by atoms with Gasteiger partial charge in [0, 0.05) is 12.4 Å². The Morgan fingerprint density at radius 1 is 1.44 bits per heavy atom. The van der Waals surface area contributed by atoms with Crippen LogP contribution in [0.4, 0.5) is 4.39 Å². The van der Waals surface area contributed by atoms with Crippen LogP contribution in [-0.4, -0.2) is 27.3 Å². The van der Waals surface area contributed by atoms with Crippen LogP contribution in [0.1, 0.15) is 22.8 Å². The summed E-state index contributed by atoms with van der Waals surface area (Å²) in [4.78, 5) is 15.2. The summed E-state index contributed by atoms with van der Waals surface area (Å²) in [6.07, 6.45) is 5.67. The second-order valence-electron chi connectivity index (χ2n) is 3.66. The molecule has 2 aromatic heterocycles. The highest BCUT2D eigenvalue weighted by Crippen LogP contribution is 2.06. The molecule has 0 spiro atoms. The maximum Gasteiger partial charge on any atom is 0.341 e. The van der Waals surface area contributed by atoms with Crippen LogP contribution in [0.2, 0.25) is 0 Å². The smallest absolute Gasteiger partial charge is 0.341 e. The normalized spacial score (nSPS) is 10.3. The van der Waals surface area contributed by atoms with E-state index in [-0.39, 0.29) is 0 Å². The molecule has 6 heteroatoms. The van der Waals surface area contributed by atoms with Gasteiger partial charge in [0.1, 0.15) is 5.82 Å². The van der Waals surface area contributed by atoms with Crippen LogP contribution in [0, 0.1) is 5.82 Å². The molecule has 0 unspecified atom stereocenters. The summed E-state index contributed by atoms with van der Waals surface area (Å²) in [7, 11) is 0. The van der Waals surface area contributed by atoms with E-state index in [4.69, 9.17) is 4.74 Å². The Labute approximate surface area is 103 Å². The number of esters is 1. The van der Waals surface area contributed by atoms with E-state index in [0.29, 0.717) is 24.3 Å². The molecule has 5 nitrogen and oxygen atoms in total. The van der Waals surface area contributed by atoms with Gasteiger partial charge in [0.2, 0.25) is 0 Å². The molecule has 18 heavy (non-hydrogen) atoms. The molecular weight excluding hydrogens is 237 g/mol. The molecule has 0 amide bonds. The van der Waals surface area contributed by atoms with Crippen molar-refractivity contribution in [2.75, 3.05) is 6.61 Å². The second kappa shape index (κ2) is 5.39. The molecule has 0 radical (unpaired) electrons. The summed E-state index contributed by atoms with van der Waals surface area (Å²) in [5, 5.41) is 4.01. The molecule has 2 heterocycles. The Balaban J connectivity index is 2.09. The molecule has 0 aliphatic rings. The minimum atomic E-state index is -0.416. The fourth-order valence-electron chi connectivity index (χ4n) is 1.50. The van der Waals surface area contributed by atoms with E-state index in [2.05, 4.69) is 10.1 Å². The first-order valence-corrected chi connectivity index (χ1v) is 5.48. The van der Waals surface area contributed by atoms with Gasteiger partial charge in [-0.1, -0.05) is 0 Å². The van der Waals surface area contributed by atoms with Gasteiger partial charge in [-0.15, -0.1) is 0 Å². The number of nitrogens with zero attached hydrogens (tertiary/aromatic N) is 3. The van der Waals surface area contributed by atoms with Gasteiger partial charge in [-0.2, -0.15) is 5.10 Å². The molecular formula is C12H12FN3O2. The molecule has 0 bridgehead atoms. The van der Waals surface area contributed by atoms with E-state index in [1.54, 1.807) is 19.3 Å².